The molecule has 0 bridgehead atoms. The molecule has 98 valence electrons. The Labute approximate surface area is 120 Å². The molecule has 0 fully saturated rings. The zero-order valence-corrected chi connectivity index (χ0v) is 11.5. The van der Waals surface area contributed by atoms with E-state index in [1.165, 1.54) is 6.07 Å². The Morgan fingerprint density at radius 1 is 1.26 bits per heavy atom. The van der Waals surface area contributed by atoms with E-state index in [0.717, 1.165) is 0 Å². The molecule has 0 aromatic heterocycles. The van der Waals surface area contributed by atoms with Crippen molar-refractivity contribution in [2.75, 3.05) is 0 Å². The van der Waals surface area contributed by atoms with E-state index in [9.17, 15) is 4.39 Å². The van der Waals surface area contributed by atoms with Gasteiger partial charge in [0.05, 0.1) is 0 Å². The van der Waals surface area contributed by atoms with Crippen LogP contribution >= 0.6 is 23.8 Å². The molecule has 0 aliphatic rings. The second-order valence-electron chi connectivity index (χ2n) is 3.92. The Hall–Kier alpha value is -1.65. The van der Waals surface area contributed by atoms with Crippen LogP contribution in [0.15, 0.2) is 42.5 Å². The second kappa shape index (κ2) is 5.99. The van der Waals surface area contributed by atoms with Gasteiger partial charge in [-0.25, -0.2) is 4.39 Å². The number of hydrogen-bond donors (Lipinski definition) is 1. The molecule has 0 radical (unpaired) electrons. The fraction of sp³-hybridized carbons (Fsp3) is 0.0714. The molecule has 0 amide bonds. The van der Waals surface area contributed by atoms with Crippen LogP contribution in [0.1, 0.15) is 11.1 Å². The highest BCUT2D eigenvalue weighted by molar-refractivity contribution is 7.80. The predicted molar refractivity (Wildman–Crippen MR) is 78.1 cm³/mol. The molecule has 0 heterocycles. The Morgan fingerprint density at radius 3 is 2.74 bits per heavy atom. The van der Waals surface area contributed by atoms with Gasteiger partial charge in [-0.3, -0.25) is 0 Å². The van der Waals surface area contributed by atoms with E-state index in [1.807, 2.05) is 0 Å². The van der Waals surface area contributed by atoms with Crippen molar-refractivity contribution < 1.29 is 9.13 Å². The number of hydrogen-bond acceptors (Lipinski definition) is 2. The van der Waals surface area contributed by atoms with Crippen LogP contribution < -0.4 is 10.5 Å². The maximum atomic E-state index is 13.6. The van der Waals surface area contributed by atoms with Gasteiger partial charge in [-0.05, 0) is 24.3 Å². The summed E-state index contributed by atoms with van der Waals surface area (Å²) in [5.74, 6) is 0.192. The molecule has 0 spiro atoms. The van der Waals surface area contributed by atoms with Crippen molar-refractivity contribution in [3.63, 3.8) is 0 Å². The summed E-state index contributed by atoms with van der Waals surface area (Å²) in [6, 6.07) is 11.5. The molecule has 2 aromatic rings. The van der Waals surface area contributed by atoms with E-state index in [4.69, 9.17) is 34.3 Å². The maximum Gasteiger partial charge on any atom is 0.131 e. The minimum absolute atomic E-state index is 0.115. The van der Waals surface area contributed by atoms with Gasteiger partial charge in [0.1, 0.15) is 23.2 Å². The lowest BCUT2D eigenvalue weighted by Gasteiger charge is -2.08. The van der Waals surface area contributed by atoms with Gasteiger partial charge >= 0.3 is 0 Å². The number of thiocarbonyl (C=S) groups is 1. The summed E-state index contributed by atoms with van der Waals surface area (Å²) in [6.45, 7) is 0.115. The van der Waals surface area contributed by atoms with E-state index in [-0.39, 0.29) is 6.61 Å². The molecule has 0 saturated carbocycles. The zero-order chi connectivity index (χ0) is 13.8. The number of nitrogens with two attached hydrogens (primary N) is 1. The molecule has 2 rings (SSSR count). The number of halogens is 2. The molecule has 2 aromatic carbocycles. The normalized spacial score (nSPS) is 10.2. The van der Waals surface area contributed by atoms with Crippen LogP contribution in [-0.4, -0.2) is 4.99 Å². The highest BCUT2D eigenvalue weighted by Crippen LogP contribution is 2.18. The summed E-state index contributed by atoms with van der Waals surface area (Å²) >= 11 is 10.6. The monoisotopic (exact) mass is 295 g/mol. The van der Waals surface area contributed by atoms with Crippen molar-refractivity contribution >= 4 is 28.8 Å². The first-order valence-corrected chi connectivity index (χ1v) is 6.31. The third-order valence-corrected chi connectivity index (χ3v) is 3.00. The first kappa shape index (κ1) is 13.8. The van der Waals surface area contributed by atoms with Crippen LogP contribution in [0.25, 0.3) is 0 Å². The van der Waals surface area contributed by atoms with Crippen molar-refractivity contribution in [1.29, 1.82) is 0 Å². The van der Waals surface area contributed by atoms with Crippen LogP contribution in [0.2, 0.25) is 5.02 Å². The van der Waals surface area contributed by atoms with E-state index in [2.05, 4.69) is 0 Å². The summed E-state index contributed by atoms with van der Waals surface area (Å²) in [7, 11) is 0. The average Bonchev–Trinajstić information content (AvgIpc) is 2.38. The Kier molecular flexibility index (Phi) is 4.35. The second-order valence-corrected chi connectivity index (χ2v) is 4.79. The maximum absolute atomic E-state index is 13.6. The van der Waals surface area contributed by atoms with Crippen LogP contribution in [0.3, 0.4) is 0 Å². The van der Waals surface area contributed by atoms with Crippen LogP contribution in [0.5, 0.6) is 5.75 Å². The number of benzene rings is 2. The van der Waals surface area contributed by atoms with E-state index < -0.39 is 5.82 Å². The Balaban J connectivity index is 2.10. The van der Waals surface area contributed by atoms with Crippen molar-refractivity contribution in [1.82, 2.24) is 0 Å². The molecule has 0 atom stereocenters. The zero-order valence-electron chi connectivity index (χ0n) is 9.90. The Morgan fingerprint density at radius 2 is 2.05 bits per heavy atom. The molecule has 5 heteroatoms. The Bertz CT molecular complexity index is 618. The van der Waals surface area contributed by atoms with Gasteiger partial charge in [0.25, 0.3) is 0 Å². The lowest BCUT2D eigenvalue weighted by atomic mass is 10.2. The van der Waals surface area contributed by atoms with Gasteiger partial charge in [-0.15, -0.1) is 0 Å². The molecule has 0 aliphatic heterocycles. The summed E-state index contributed by atoms with van der Waals surface area (Å²) in [4.78, 5) is 0.295. The van der Waals surface area contributed by atoms with Gasteiger partial charge in [-0.2, -0.15) is 0 Å². The highest BCUT2D eigenvalue weighted by Gasteiger charge is 2.05. The molecule has 0 aliphatic carbocycles. The van der Waals surface area contributed by atoms with Crippen molar-refractivity contribution in [2.45, 2.75) is 6.61 Å². The molecule has 19 heavy (non-hydrogen) atoms. The minimum Gasteiger partial charge on any atom is -0.489 e. The van der Waals surface area contributed by atoms with Gasteiger partial charge in [0.15, 0.2) is 0 Å². The lowest BCUT2D eigenvalue weighted by Crippen LogP contribution is -2.09. The molecular formula is C14H11ClFNOS. The van der Waals surface area contributed by atoms with Gasteiger partial charge in [-0.1, -0.05) is 42.0 Å². The van der Waals surface area contributed by atoms with Gasteiger partial charge in [0.2, 0.25) is 0 Å². The van der Waals surface area contributed by atoms with Crippen LogP contribution in [0.4, 0.5) is 4.39 Å². The summed E-state index contributed by atoms with van der Waals surface area (Å²) in [5, 5.41) is 0.358. The molecular weight excluding hydrogens is 285 g/mol. The minimum atomic E-state index is -0.391. The lowest BCUT2D eigenvalue weighted by molar-refractivity contribution is 0.300. The smallest absolute Gasteiger partial charge is 0.131 e. The van der Waals surface area contributed by atoms with Gasteiger partial charge < -0.3 is 10.5 Å². The van der Waals surface area contributed by atoms with Crippen molar-refractivity contribution in [2.24, 2.45) is 5.73 Å². The highest BCUT2D eigenvalue weighted by atomic mass is 35.5. The van der Waals surface area contributed by atoms with Gasteiger partial charge in [0, 0.05) is 16.1 Å². The first-order valence-electron chi connectivity index (χ1n) is 5.53. The fourth-order valence-electron chi connectivity index (χ4n) is 1.54. The summed E-state index contributed by atoms with van der Waals surface area (Å²) in [5.41, 5.74) is 6.68. The standard InChI is InChI=1S/C14H11ClFNOS/c15-11-5-4-10(13(16)7-11)8-18-12-3-1-2-9(6-12)14(17)19/h1-7H,8H2,(H2,17,19). The topological polar surface area (TPSA) is 35.2 Å². The molecule has 0 unspecified atom stereocenters. The largest absolute Gasteiger partial charge is 0.489 e. The van der Waals surface area contributed by atoms with E-state index >= 15 is 0 Å². The average molecular weight is 296 g/mol. The molecule has 0 saturated heterocycles. The third kappa shape index (κ3) is 3.66. The van der Waals surface area contributed by atoms with Crippen LogP contribution in [0, 0.1) is 5.82 Å². The van der Waals surface area contributed by atoms with Crippen molar-refractivity contribution in [3.05, 3.63) is 64.4 Å². The SMILES string of the molecule is NC(=S)c1cccc(OCc2ccc(Cl)cc2F)c1. The van der Waals surface area contributed by atoms with E-state index in [1.54, 1.807) is 36.4 Å². The predicted octanol–water partition coefficient (Wildman–Crippen LogP) is 3.69. The number of rotatable bonds is 4. The number of ether oxygens (including phenoxy) is 1. The summed E-state index contributed by atoms with van der Waals surface area (Å²) in [6.07, 6.45) is 0. The van der Waals surface area contributed by atoms with Crippen molar-refractivity contribution in [3.8, 4) is 5.75 Å². The third-order valence-electron chi connectivity index (χ3n) is 2.53. The fourth-order valence-corrected chi connectivity index (χ4v) is 1.82. The van der Waals surface area contributed by atoms with Crippen LogP contribution in [-0.2, 0) is 6.61 Å². The molecule has 2 N–H and O–H groups in total. The summed E-state index contributed by atoms with van der Waals surface area (Å²) < 4.78 is 19.1. The quantitative estimate of drug-likeness (QED) is 0.874. The first-order chi connectivity index (χ1) is 9.06. The molecule has 2 nitrogen and oxygen atoms in total. The van der Waals surface area contributed by atoms with E-state index in [0.29, 0.717) is 26.9 Å².